The Morgan fingerprint density at radius 3 is 2.59 bits per heavy atom. The topological polar surface area (TPSA) is 83.1 Å². The van der Waals surface area contributed by atoms with E-state index in [9.17, 15) is 14.3 Å². The molecule has 1 fully saturated rings. The zero-order chi connectivity index (χ0) is 32.6. The highest BCUT2D eigenvalue weighted by molar-refractivity contribution is 6.33. The molecule has 9 heteroatoms. The molecular formula is C37H47ClFN3O4. The highest BCUT2D eigenvalue weighted by Gasteiger charge is 2.27. The van der Waals surface area contributed by atoms with Gasteiger partial charge in [0.25, 0.3) is 0 Å². The molecule has 2 atom stereocenters. The summed E-state index contributed by atoms with van der Waals surface area (Å²) in [5.74, 6) is 1.47. The largest absolute Gasteiger partial charge is 0.493 e. The third kappa shape index (κ3) is 8.21. The van der Waals surface area contributed by atoms with Crippen molar-refractivity contribution in [2.75, 3.05) is 44.8 Å². The summed E-state index contributed by atoms with van der Waals surface area (Å²) in [6.45, 7) is 9.32. The molecule has 2 aliphatic rings. The number of nitrogens with zero attached hydrogens (tertiary/aromatic N) is 1. The second-order valence-corrected chi connectivity index (χ2v) is 12.8. The molecule has 1 aliphatic carbocycles. The molecule has 0 spiro atoms. The Morgan fingerprint density at radius 1 is 1.09 bits per heavy atom. The quantitative estimate of drug-likeness (QED) is 0.152. The van der Waals surface area contributed by atoms with E-state index >= 15 is 0 Å². The summed E-state index contributed by atoms with van der Waals surface area (Å²) in [6, 6.07) is 16.0. The number of hydrogen-bond donors (Lipinski definition) is 3. The van der Waals surface area contributed by atoms with Crippen molar-refractivity contribution in [2.45, 2.75) is 77.7 Å². The first kappa shape index (κ1) is 34.2. The lowest BCUT2D eigenvalue weighted by atomic mass is 9.93. The van der Waals surface area contributed by atoms with Gasteiger partial charge in [0, 0.05) is 37.8 Å². The number of anilines is 1. The van der Waals surface area contributed by atoms with Gasteiger partial charge in [0.2, 0.25) is 0 Å². The molecule has 3 N–H and O–H groups in total. The van der Waals surface area contributed by atoms with Crippen LogP contribution in [0.5, 0.6) is 11.5 Å². The van der Waals surface area contributed by atoms with Gasteiger partial charge >= 0.3 is 0 Å². The molecule has 0 amide bonds. The van der Waals surface area contributed by atoms with Crippen molar-refractivity contribution >= 4 is 23.1 Å². The number of aliphatic hydroxyl groups excluding tert-OH is 1. The predicted molar refractivity (Wildman–Crippen MR) is 183 cm³/mol. The first-order valence-electron chi connectivity index (χ1n) is 16.6. The molecule has 0 bridgehead atoms. The first-order valence-corrected chi connectivity index (χ1v) is 16.9. The van der Waals surface area contributed by atoms with Crippen LogP contribution in [0.3, 0.4) is 0 Å². The maximum Gasteiger partial charge on any atom is 0.149 e. The number of hydrogen-bond acceptors (Lipinski definition) is 7. The van der Waals surface area contributed by atoms with Gasteiger partial charge < -0.3 is 30.1 Å². The second kappa shape index (κ2) is 16.1. The van der Waals surface area contributed by atoms with Gasteiger partial charge in [0.05, 0.1) is 42.6 Å². The number of benzene rings is 3. The molecule has 0 aromatic heterocycles. The van der Waals surface area contributed by atoms with E-state index in [2.05, 4.69) is 52.8 Å². The number of carbonyl (C=O) groups is 1. The Bertz CT molecular complexity index is 1490. The number of alkyl halides is 1. The average Bonchev–Trinajstić information content (AvgIpc) is 3.46. The van der Waals surface area contributed by atoms with Crippen LogP contribution in [-0.4, -0.2) is 67.5 Å². The summed E-state index contributed by atoms with van der Waals surface area (Å²) < 4.78 is 25.7. The zero-order valence-corrected chi connectivity index (χ0v) is 28.0. The monoisotopic (exact) mass is 651 g/mol. The fraction of sp³-hybridized carbons (Fsp3) is 0.486. The van der Waals surface area contributed by atoms with Crippen LogP contribution in [0.2, 0.25) is 5.02 Å². The lowest BCUT2D eigenvalue weighted by molar-refractivity contribution is -0.119. The number of likely N-dealkylation sites (tertiary alicyclic amines) is 1. The average molecular weight is 652 g/mol. The third-order valence-electron chi connectivity index (χ3n) is 9.23. The number of piperidine rings is 1. The van der Waals surface area contributed by atoms with E-state index < -0.39 is 12.2 Å². The second-order valence-electron chi connectivity index (χ2n) is 12.4. The van der Waals surface area contributed by atoms with E-state index in [0.29, 0.717) is 43.4 Å². The van der Waals surface area contributed by atoms with Crippen LogP contribution in [0.1, 0.15) is 67.8 Å². The van der Waals surface area contributed by atoms with Crippen LogP contribution in [0.4, 0.5) is 10.1 Å². The van der Waals surface area contributed by atoms with Gasteiger partial charge in [-0.2, -0.15) is 0 Å². The SMILES string of the molecule is CCOc1cc(NC2CCc3c(-c4cccc(OCCCN5CCC(F)CC5)c4C)cccc32)c(Cl)cc1CN[C@@H](CO)C(C)=O. The number of halogens is 2. The maximum absolute atomic E-state index is 13.5. The zero-order valence-electron chi connectivity index (χ0n) is 27.2. The number of rotatable bonds is 15. The Labute approximate surface area is 277 Å². The molecule has 1 heterocycles. The van der Waals surface area contributed by atoms with Crippen LogP contribution in [-0.2, 0) is 17.8 Å². The summed E-state index contributed by atoms with van der Waals surface area (Å²) in [5, 5.41) is 16.9. The van der Waals surface area contributed by atoms with Crippen LogP contribution < -0.4 is 20.1 Å². The summed E-state index contributed by atoms with van der Waals surface area (Å²) in [5.41, 5.74) is 7.75. The molecule has 3 aromatic carbocycles. The lowest BCUT2D eigenvalue weighted by Crippen LogP contribution is -2.38. The standard InChI is InChI=1S/C37H47ClFN3O4/c1-4-45-37-21-34(32(38)20-26(37)22-40-35(23-43)25(3)44)41-33-13-12-30-29(9-5-10-31(30)33)28-8-6-11-36(24(28)2)46-19-7-16-42-17-14-27(39)15-18-42/h5-6,8-11,20-21,27,33,35,40-41,43H,4,7,12-19,22-23H2,1-3H3/t33?,35-/m0/s1. The van der Waals surface area contributed by atoms with E-state index in [1.54, 1.807) is 0 Å². The summed E-state index contributed by atoms with van der Waals surface area (Å²) in [4.78, 5) is 14.1. The number of nitrogens with one attached hydrogen (secondary N) is 2. The first-order chi connectivity index (χ1) is 22.3. The minimum Gasteiger partial charge on any atom is -0.493 e. The smallest absolute Gasteiger partial charge is 0.149 e. The number of Topliss-reactive ketones (excluding diaryl/α,β-unsaturated/α-hetero) is 1. The van der Waals surface area contributed by atoms with Gasteiger partial charge in [-0.3, -0.25) is 4.79 Å². The molecule has 46 heavy (non-hydrogen) atoms. The van der Waals surface area contributed by atoms with Crippen molar-refractivity contribution in [3.05, 3.63) is 75.8 Å². The minimum absolute atomic E-state index is 0.0876. The van der Waals surface area contributed by atoms with Crippen molar-refractivity contribution < 1.29 is 23.8 Å². The van der Waals surface area contributed by atoms with E-state index in [-0.39, 0.29) is 18.4 Å². The van der Waals surface area contributed by atoms with E-state index in [1.165, 1.54) is 29.2 Å². The molecule has 3 aromatic rings. The lowest BCUT2D eigenvalue weighted by Gasteiger charge is -2.28. The Hall–Kier alpha value is -3.17. The Balaban J connectivity index is 1.28. The van der Waals surface area contributed by atoms with Gasteiger partial charge in [-0.1, -0.05) is 41.9 Å². The van der Waals surface area contributed by atoms with Crippen molar-refractivity contribution in [2.24, 2.45) is 0 Å². The van der Waals surface area contributed by atoms with Crippen LogP contribution in [0.25, 0.3) is 11.1 Å². The van der Waals surface area contributed by atoms with Gasteiger partial charge in [-0.05, 0) is 92.8 Å². The van der Waals surface area contributed by atoms with Crippen molar-refractivity contribution in [3.63, 3.8) is 0 Å². The molecule has 1 saturated heterocycles. The number of ketones is 1. The summed E-state index contributed by atoms with van der Waals surface area (Å²) >= 11 is 6.79. The van der Waals surface area contributed by atoms with Crippen molar-refractivity contribution in [3.8, 4) is 22.6 Å². The number of carbonyl (C=O) groups excluding carboxylic acids is 1. The Kier molecular flexibility index (Phi) is 12.0. The summed E-state index contributed by atoms with van der Waals surface area (Å²) in [6.07, 6.45) is 3.43. The van der Waals surface area contributed by atoms with Crippen LogP contribution >= 0.6 is 11.6 Å². The number of fused-ring (bicyclic) bond motifs is 1. The molecule has 1 unspecified atom stereocenters. The third-order valence-corrected chi connectivity index (χ3v) is 9.54. The van der Waals surface area contributed by atoms with E-state index in [1.807, 2.05) is 25.1 Å². The molecule has 0 radical (unpaired) electrons. The molecular weight excluding hydrogens is 605 g/mol. The Morgan fingerprint density at radius 2 is 1.85 bits per heavy atom. The van der Waals surface area contributed by atoms with E-state index in [0.717, 1.165) is 61.5 Å². The molecule has 248 valence electrons. The normalized spacial score (nSPS) is 17.5. The van der Waals surface area contributed by atoms with Gasteiger partial charge in [0.15, 0.2) is 0 Å². The number of ether oxygens (including phenoxy) is 2. The van der Waals surface area contributed by atoms with Crippen LogP contribution in [0.15, 0.2) is 48.5 Å². The highest BCUT2D eigenvalue weighted by Crippen LogP contribution is 2.43. The fourth-order valence-corrected chi connectivity index (χ4v) is 6.85. The fourth-order valence-electron chi connectivity index (χ4n) is 6.61. The van der Waals surface area contributed by atoms with E-state index in [4.69, 9.17) is 21.1 Å². The highest BCUT2D eigenvalue weighted by atomic mass is 35.5. The maximum atomic E-state index is 13.5. The van der Waals surface area contributed by atoms with Gasteiger partial charge in [-0.25, -0.2) is 4.39 Å². The molecule has 0 saturated carbocycles. The number of aliphatic hydroxyl groups is 1. The van der Waals surface area contributed by atoms with Gasteiger partial charge in [0.1, 0.15) is 23.5 Å². The molecule has 1 aliphatic heterocycles. The van der Waals surface area contributed by atoms with Crippen molar-refractivity contribution in [1.29, 1.82) is 0 Å². The predicted octanol–water partition coefficient (Wildman–Crippen LogP) is 7.06. The van der Waals surface area contributed by atoms with Crippen molar-refractivity contribution in [1.82, 2.24) is 10.2 Å². The van der Waals surface area contributed by atoms with Crippen LogP contribution in [0, 0.1) is 6.92 Å². The molecule has 5 rings (SSSR count). The molecule has 7 nitrogen and oxygen atoms in total. The van der Waals surface area contributed by atoms with Gasteiger partial charge in [-0.15, -0.1) is 0 Å². The minimum atomic E-state index is -0.643. The summed E-state index contributed by atoms with van der Waals surface area (Å²) in [7, 11) is 0.